The van der Waals surface area contributed by atoms with Crippen LogP contribution >= 0.6 is 0 Å². The van der Waals surface area contributed by atoms with Gasteiger partial charge in [-0.15, -0.1) is 0 Å². The third kappa shape index (κ3) is 13.0. The zero-order valence-corrected chi connectivity index (χ0v) is 68.5. The molecular formula is C120H77N3O3. The van der Waals surface area contributed by atoms with E-state index >= 15 is 0 Å². The van der Waals surface area contributed by atoms with Crippen molar-refractivity contribution in [2.24, 2.45) is 0 Å². The van der Waals surface area contributed by atoms with Crippen LogP contribution in [0.25, 0.3) is 237 Å². The summed E-state index contributed by atoms with van der Waals surface area (Å²) in [5.41, 5.74) is 35.6. The summed E-state index contributed by atoms with van der Waals surface area (Å²) < 4.78 is 25.3. The van der Waals surface area contributed by atoms with Crippen LogP contribution in [0.1, 0.15) is 0 Å². The van der Waals surface area contributed by atoms with Crippen LogP contribution in [-0.2, 0) is 0 Å². The molecule has 6 aromatic heterocycles. The molecule has 0 amide bonds. The molecule has 6 nitrogen and oxygen atoms in total. The molecule has 0 spiro atoms. The molecule has 26 aromatic rings. The van der Waals surface area contributed by atoms with E-state index < -0.39 is 0 Å². The molecule has 0 aliphatic rings. The highest BCUT2D eigenvalue weighted by molar-refractivity contribution is 6.14. The quantitative estimate of drug-likeness (QED) is 0.130. The van der Waals surface area contributed by atoms with Crippen molar-refractivity contribution in [1.29, 1.82) is 0 Å². The molecule has 6 heteroatoms. The largest absolute Gasteiger partial charge is 0.456 e. The van der Waals surface area contributed by atoms with Crippen molar-refractivity contribution in [3.8, 4) is 106 Å². The molecule has 0 unspecified atom stereocenters. The first-order valence-electron chi connectivity index (χ1n) is 43.0. The summed E-state index contributed by atoms with van der Waals surface area (Å²) in [4.78, 5) is 0. The second-order valence-corrected chi connectivity index (χ2v) is 32.6. The Kier molecular flexibility index (Phi) is 17.8. The fraction of sp³-hybridized carbons (Fsp3) is 0. The van der Waals surface area contributed by atoms with Gasteiger partial charge in [0, 0.05) is 81.7 Å². The summed E-state index contributed by atoms with van der Waals surface area (Å²) in [6, 6.07) is 167. The second-order valence-electron chi connectivity index (χ2n) is 32.6. The molecule has 0 fully saturated rings. The van der Waals surface area contributed by atoms with Gasteiger partial charge in [0.25, 0.3) is 0 Å². The smallest absolute Gasteiger partial charge is 0.136 e. The Bertz CT molecular complexity index is 8580. The molecule has 26 rings (SSSR count). The average molecular weight is 1610 g/mol. The number of hydrogen-bond acceptors (Lipinski definition) is 3. The van der Waals surface area contributed by atoms with Gasteiger partial charge in [-0.1, -0.05) is 334 Å². The fourth-order valence-corrected chi connectivity index (χ4v) is 19.0. The number of aromatic nitrogens is 3. The van der Waals surface area contributed by atoms with Gasteiger partial charge >= 0.3 is 0 Å². The molecule has 0 bridgehead atoms. The molecule has 590 valence electrons. The summed E-state index contributed by atoms with van der Waals surface area (Å²) in [6.07, 6.45) is 0. The van der Waals surface area contributed by atoms with Crippen molar-refractivity contribution in [2.75, 3.05) is 0 Å². The number of para-hydroxylation sites is 7. The zero-order valence-electron chi connectivity index (χ0n) is 68.5. The van der Waals surface area contributed by atoms with Crippen LogP contribution in [0.5, 0.6) is 0 Å². The van der Waals surface area contributed by atoms with Gasteiger partial charge in [0.2, 0.25) is 0 Å². The standard InChI is InChI=1S/2C42H27NO.C36H23NO/c1-2-8-28(9-3-1)33-20-24-36-35-10-4-6-12-39(35)43(40(36)27-33)34-22-18-30(19-23-34)29-14-16-31(17-15-29)32-21-25-42-38(26-32)37-11-5-7-13-41(37)44-42;1-2-8-28(9-3-1)32-20-24-40-37(26-32)35-10-4-6-12-39(35)43(40)34-22-18-30(19-23-34)29-14-16-31(17-15-29)33-21-25-42-38(27-33)36-11-5-7-13-41(36)44-42;1-4-10-33-29(7-1)30-8-2-5-11-34(30)37(33)28-20-17-25(18-21-28)24-13-15-26(16-14-24)27-19-22-32-31-9-3-6-12-35(31)38-36(32)23-27/h2*1-27H;1-23H. The number of fused-ring (bicyclic) bond motifs is 18. The Morgan fingerprint density at radius 2 is 0.325 bits per heavy atom. The lowest BCUT2D eigenvalue weighted by Gasteiger charge is -2.11. The summed E-state index contributed by atoms with van der Waals surface area (Å²) in [5.74, 6) is 0. The van der Waals surface area contributed by atoms with E-state index in [9.17, 15) is 0 Å². The van der Waals surface area contributed by atoms with E-state index in [2.05, 4.69) is 444 Å². The van der Waals surface area contributed by atoms with Gasteiger partial charge in [-0.25, -0.2) is 0 Å². The molecule has 0 N–H and O–H groups in total. The van der Waals surface area contributed by atoms with Crippen LogP contribution in [0.15, 0.2) is 480 Å². The predicted octanol–water partition coefficient (Wildman–Crippen LogP) is 33.4. The first kappa shape index (κ1) is 73.1. The Hall–Kier alpha value is -16.8. The number of benzene rings is 20. The fourth-order valence-electron chi connectivity index (χ4n) is 19.0. The third-order valence-corrected chi connectivity index (χ3v) is 25.3. The topological polar surface area (TPSA) is 54.2 Å². The summed E-state index contributed by atoms with van der Waals surface area (Å²) >= 11 is 0. The van der Waals surface area contributed by atoms with Crippen LogP contribution in [0, 0.1) is 0 Å². The Morgan fingerprint density at radius 1 is 0.111 bits per heavy atom. The Balaban J connectivity index is 0.000000106. The van der Waals surface area contributed by atoms with Gasteiger partial charge in [-0.2, -0.15) is 0 Å². The summed E-state index contributed by atoms with van der Waals surface area (Å²) in [6.45, 7) is 0. The van der Waals surface area contributed by atoms with Crippen molar-refractivity contribution >= 4 is 131 Å². The normalized spacial score (nSPS) is 11.7. The van der Waals surface area contributed by atoms with Crippen molar-refractivity contribution in [1.82, 2.24) is 13.7 Å². The summed E-state index contributed by atoms with van der Waals surface area (Å²) in [5, 5.41) is 14.6. The minimum atomic E-state index is 0.922. The lowest BCUT2D eigenvalue weighted by molar-refractivity contribution is 0.668. The van der Waals surface area contributed by atoms with E-state index in [4.69, 9.17) is 13.3 Å². The Labute approximate surface area is 726 Å². The van der Waals surface area contributed by atoms with Crippen molar-refractivity contribution < 1.29 is 13.3 Å². The maximum Gasteiger partial charge on any atom is 0.136 e. The van der Waals surface area contributed by atoms with Crippen LogP contribution in [0.2, 0.25) is 0 Å². The first-order valence-corrected chi connectivity index (χ1v) is 43.0. The van der Waals surface area contributed by atoms with Gasteiger partial charge in [0.05, 0.1) is 33.1 Å². The number of furan rings is 3. The van der Waals surface area contributed by atoms with Crippen molar-refractivity contribution in [3.05, 3.63) is 467 Å². The highest BCUT2D eigenvalue weighted by Crippen LogP contribution is 2.43. The van der Waals surface area contributed by atoms with E-state index in [1.807, 2.05) is 36.4 Å². The molecule has 0 saturated heterocycles. The van der Waals surface area contributed by atoms with Crippen LogP contribution in [0.3, 0.4) is 0 Å². The van der Waals surface area contributed by atoms with Crippen LogP contribution in [-0.4, -0.2) is 13.7 Å². The van der Waals surface area contributed by atoms with Gasteiger partial charge in [-0.05, 0) is 222 Å². The maximum absolute atomic E-state index is 6.10. The van der Waals surface area contributed by atoms with E-state index in [-0.39, 0.29) is 0 Å². The molecule has 0 radical (unpaired) electrons. The number of hydrogen-bond donors (Lipinski definition) is 0. The van der Waals surface area contributed by atoms with Crippen LogP contribution in [0.4, 0.5) is 0 Å². The van der Waals surface area contributed by atoms with Crippen molar-refractivity contribution in [2.45, 2.75) is 0 Å². The first-order chi connectivity index (χ1) is 62.4. The molecule has 6 heterocycles. The predicted molar refractivity (Wildman–Crippen MR) is 528 cm³/mol. The van der Waals surface area contributed by atoms with Crippen LogP contribution < -0.4 is 0 Å². The highest BCUT2D eigenvalue weighted by atomic mass is 16.3. The zero-order chi connectivity index (χ0) is 83.1. The maximum atomic E-state index is 6.10. The van der Waals surface area contributed by atoms with E-state index in [1.165, 1.54) is 155 Å². The van der Waals surface area contributed by atoms with E-state index in [0.717, 1.165) is 82.8 Å². The third-order valence-electron chi connectivity index (χ3n) is 25.3. The number of rotatable bonds is 11. The van der Waals surface area contributed by atoms with Gasteiger partial charge in [0.1, 0.15) is 33.5 Å². The minimum Gasteiger partial charge on any atom is -0.456 e. The Morgan fingerprint density at radius 3 is 0.714 bits per heavy atom. The monoisotopic (exact) mass is 1610 g/mol. The molecule has 126 heavy (non-hydrogen) atoms. The van der Waals surface area contributed by atoms with Crippen molar-refractivity contribution in [3.63, 3.8) is 0 Å². The lowest BCUT2D eigenvalue weighted by Crippen LogP contribution is -1.94. The molecular weight excluding hydrogens is 1530 g/mol. The summed E-state index contributed by atoms with van der Waals surface area (Å²) in [7, 11) is 0. The molecule has 0 atom stereocenters. The number of nitrogens with zero attached hydrogens (tertiary/aromatic N) is 3. The highest BCUT2D eigenvalue weighted by Gasteiger charge is 2.20. The second kappa shape index (κ2) is 30.7. The van der Waals surface area contributed by atoms with Gasteiger partial charge in [0.15, 0.2) is 0 Å². The molecule has 0 saturated carbocycles. The molecule has 0 aliphatic heterocycles. The SMILES string of the molecule is c1ccc(-c2ccc3c(c2)c2ccccc2n3-c2ccc(-c3ccc(-c4ccc5oc6ccccc6c5c4)cc3)cc2)cc1.c1ccc(-c2ccc3c4ccccc4n(-c4ccc(-c5ccc(-c6ccc7oc8ccccc8c7c6)cc5)cc4)c3c2)cc1.c1ccc2c(c1)oc1cc(-c3ccc(-c4ccc(-n5c6ccccc6c6ccccc65)cc4)cc3)ccc12. The minimum absolute atomic E-state index is 0.922. The van der Waals surface area contributed by atoms with Gasteiger partial charge < -0.3 is 27.0 Å². The van der Waals surface area contributed by atoms with E-state index in [0.29, 0.717) is 0 Å². The van der Waals surface area contributed by atoms with E-state index in [1.54, 1.807) is 0 Å². The molecule has 20 aromatic carbocycles. The molecule has 0 aliphatic carbocycles. The lowest BCUT2D eigenvalue weighted by atomic mass is 9.99. The van der Waals surface area contributed by atoms with Gasteiger partial charge in [-0.3, -0.25) is 0 Å². The average Bonchev–Trinajstić information content (AvgIpc) is 1.61.